The van der Waals surface area contributed by atoms with Gasteiger partial charge in [0.25, 0.3) is 0 Å². The number of rotatable bonds is 8. The predicted molar refractivity (Wildman–Crippen MR) is 122 cm³/mol. The molecule has 6 nitrogen and oxygen atoms in total. The Labute approximate surface area is 185 Å². The summed E-state index contributed by atoms with van der Waals surface area (Å²) in [7, 11) is -1.98. The van der Waals surface area contributed by atoms with Crippen molar-refractivity contribution >= 4 is 26.3 Å². The summed E-state index contributed by atoms with van der Waals surface area (Å²) in [6.07, 6.45) is 4.50. The number of thiazole rings is 1. The number of nitrogens with zero attached hydrogens (tertiary/aromatic N) is 3. The topological polar surface area (TPSA) is 63.9 Å². The number of hydrogen-bond acceptors (Lipinski definition) is 5. The number of sulfonamides is 1. The van der Waals surface area contributed by atoms with Crippen LogP contribution in [-0.4, -0.2) is 41.8 Å². The van der Waals surface area contributed by atoms with E-state index in [0.29, 0.717) is 23.6 Å². The molecule has 1 fully saturated rings. The molecule has 31 heavy (non-hydrogen) atoms. The highest BCUT2D eigenvalue weighted by molar-refractivity contribution is 7.89. The maximum absolute atomic E-state index is 13.3. The van der Waals surface area contributed by atoms with Gasteiger partial charge in [0, 0.05) is 41.8 Å². The summed E-state index contributed by atoms with van der Waals surface area (Å²) >= 11 is 1.58. The molecule has 2 heterocycles. The Morgan fingerprint density at radius 3 is 2.55 bits per heavy atom. The van der Waals surface area contributed by atoms with E-state index in [9.17, 15) is 8.42 Å². The molecule has 0 amide bonds. The van der Waals surface area contributed by atoms with Crippen molar-refractivity contribution in [3.8, 4) is 17.0 Å². The van der Waals surface area contributed by atoms with Crippen molar-refractivity contribution in [3.63, 3.8) is 0 Å². The van der Waals surface area contributed by atoms with Crippen molar-refractivity contribution < 1.29 is 13.2 Å². The van der Waals surface area contributed by atoms with E-state index in [2.05, 4.69) is 9.78 Å². The van der Waals surface area contributed by atoms with Gasteiger partial charge in [-0.05, 0) is 37.1 Å². The first kappa shape index (κ1) is 20.2. The van der Waals surface area contributed by atoms with Crippen molar-refractivity contribution in [1.29, 1.82) is 0 Å². The molecule has 0 saturated heterocycles. The third-order valence-corrected chi connectivity index (χ3v) is 8.42. The molecule has 0 bridgehead atoms. The number of fused-ring (bicyclic) bond motifs is 1. The predicted octanol–water partition coefficient (Wildman–Crippen LogP) is 4.47. The van der Waals surface area contributed by atoms with Gasteiger partial charge in [0.1, 0.15) is 5.75 Å². The molecule has 1 saturated carbocycles. The van der Waals surface area contributed by atoms with Crippen LogP contribution in [0.4, 0.5) is 0 Å². The van der Waals surface area contributed by atoms with Gasteiger partial charge in [-0.2, -0.15) is 4.31 Å². The standard InChI is InChI=1S/C23H23N3O3S2/c1-29-20-9-11-21(12-10-20)31(27,28)26(18-7-8-18)14-13-19-16-30-23-24-22(15-25(19)23)17-5-3-2-4-6-17/h2-6,9-12,15-16,18H,7-8,13-14H2,1H3. The molecule has 2 aromatic carbocycles. The van der Waals surface area contributed by atoms with Crippen LogP contribution in [0.3, 0.4) is 0 Å². The van der Waals surface area contributed by atoms with Gasteiger partial charge in [0.2, 0.25) is 10.0 Å². The number of imidazole rings is 1. The Balaban J connectivity index is 1.38. The van der Waals surface area contributed by atoms with Crippen molar-refractivity contribution in [2.45, 2.75) is 30.2 Å². The lowest BCUT2D eigenvalue weighted by Crippen LogP contribution is -2.35. The average molecular weight is 454 g/mol. The fourth-order valence-electron chi connectivity index (χ4n) is 3.73. The molecule has 0 unspecified atom stereocenters. The molecule has 4 aromatic rings. The van der Waals surface area contributed by atoms with Gasteiger partial charge in [-0.1, -0.05) is 30.3 Å². The highest BCUT2D eigenvalue weighted by Gasteiger charge is 2.37. The van der Waals surface area contributed by atoms with Gasteiger partial charge in [0.05, 0.1) is 17.7 Å². The zero-order valence-corrected chi connectivity index (χ0v) is 18.8. The van der Waals surface area contributed by atoms with Crippen LogP contribution >= 0.6 is 11.3 Å². The van der Waals surface area contributed by atoms with E-state index in [1.54, 1.807) is 47.0 Å². The maximum atomic E-state index is 13.3. The minimum atomic E-state index is -3.55. The monoisotopic (exact) mass is 453 g/mol. The molecule has 1 aliphatic rings. The van der Waals surface area contributed by atoms with Crippen LogP contribution in [0.15, 0.2) is 71.1 Å². The SMILES string of the molecule is COc1ccc(S(=O)(=O)N(CCc2csc3nc(-c4ccccc4)cn23)C2CC2)cc1. The summed E-state index contributed by atoms with van der Waals surface area (Å²) in [6, 6.07) is 16.8. The highest BCUT2D eigenvalue weighted by Crippen LogP contribution is 2.33. The molecule has 2 aromatic heterocycles. The van der Waals surface area contributed by atoms with E-state index in [4.69, 9.17) is 9.72 Å². The van der Waals surface area contributed by atoms with E-state index < -0.39 is 10.0 Å². The molecule has 0 radical (unpaired) electrons. The van der Waals surface area contributed by atoms with Gasteiger partial charge < -0.3 is 4.74 Å². The molecule has 0 aliphatic heterocycles. The average Bonchev–Trinajstić information content (AvgIpc) is 3.42. The lowest BCUT2D eigenvalue weighted by Gasteiger charge is -2.22. The lowest BCUT2D eigenvalue weighted by molar-refractivity contribution is 0.404. The first-order valence-electron chi connectivity index (χ1n) is 10.2. The van der Waals surface area contributed by atoms with Crippen molar-refractivity contribution in [2.24, 2.45) is 0 Å². The van der Waals surface area contributed by atoms with Crippen LogP contribution in [0.2, 0.25) is 0 Å². The van der Waals surface area contributed by atoms with E-state index in [1.165, 1.54) is 0 Å². The first-order chi connectivity index (χ1) is 15.1. The smallest absolute Gasteiger partial charge is 0.243 e. The third kappa shape index (κ3) is 3.98. The number of hydrogen-bond donors (Lipinski definition) is 0. The summed E-state index contributed by atoms with van der Waals surface area (Å²) in [5, 5.41) is 2.07. The number of aromatic nitrogens is 2. The molecule has 1 aliphatic carbocycles. The quantitative estimate of drug-likeness (QED) is 0.395. The third-order valence-electron chi connectivity index (χ3n) is 5.56. The number of benzene rings is 2. The van der Waals surface area contributed by atoms with Gasteiger partial charge in [-0.15, -0.1) is 11.3 Å². The van der Waals surface area contributed by atoms with Crippen molar-refractivity contribution in [3.05, 3.63) is 71.9 Å². The molecular weight excluding hydrogens is 430 g/mol. The van der Waals surface area contributed by atoms with Crippen LogP contribution < -0.4 is 4.74 Å². The van der Waals surface area contributed by atoms with E-state index in [-0.39, 0.29) is 6.04 Å². The van der Waals surface area contributed by atoms with E-state index >= 15 is 0 Å². The zero-order valence-electron chi connectivity index (χ0n) is 17.1. The Kier molecular flexibility index (Phi) is 5.29. The second kappa shape index (κ2) is 8.11. The first-order valence-corrected chi connectivity index (χ1v) is 12.5. The minimum absolute atomic E-state index is 0.0869. The van der Waals surface area contributed by atoms with Crippen LogP contribution in [0.5, 0.6) is 5.75 Å². The molecule has 0 spiro atoms. The Hall–Kier alpha value is -2.68. The number of ether oxygens (including phenoxy) is 1. The van der Waals surface area contributed by atoms with Crippen molar-refractivity contribution in [2.75, 3.05) is 13.7 Å². The normalized spacial score (nSPS) is 14.4. The van der Waals surface area contributed by atoms with Crippen LogP contribution in [-0.2, 0) is 16.4 Å². The fraction of sp³-hybridized carbons (Fsp3) is 0.261. The van der Waals surface area contributed by atoms with Gasteiger partial charge in [0.15, 0.2) is 4.96 Å². The molecule has 0 atom stereocenters. The van der Waals surface area contributed by atoms with Gasteiger partial charge in [-0.3, -0.25) is 4.40 Å². The van der Waals surface area contributed by atoms with Crippen LogP contribution in [0.1, 0.15) is 18.5 Å². The number of methoxy groups -OCH3 is 1. The summed E-state index contributed by atoms with van der Waals surface area (Å²) in [5.74, 6) is 0.645. The Morgan fingerprint density at radius 1 is 1.13 bits per heavy atom. The maximum Gasteiger partial charge on any atom is 0.243 e. The van der Waals surface area contributed by atoms with Crippen LogP contribution in [0.25, 0.3) is 16.2 Å². The largest absolute Gasteiger partial charge is 0.497 e. The molecule has 8 heteroatoms. The minimum Gasteiger partial charge on any atom is -0.497 e. The highest BCUT2D eigenvalue weighted by atomic mass is 32.2. The Morgan fingerprint density at radius 2 is 1.87 bits per heavy atom. The summed E-state index contributed by atoms with van der Waals surface area (Å²) in [6.45, 7) is 0.448. The second-order valence-electron chi connectivity index (χ2n) is 7.64. The second-order valence-corrected chi connectivity index (χ2v) is 10.4. The Bertz CT molecular complexity index is 1290. The molecule has 160 valence electrons. The fourth-order valence-corrected chi connectivity index (χ4v) is 6.32. The van der Waals surface area contributed by atoms with Crippen molar-refractivity contribution in [1.82, 2.24) is 13.7 Å². The summed E-state index contributed by atoms with van der Waals surface area (Å²) < 4.78 is 35.5. The van der Waals surface area contributed by atoms with Gasteiger partial charge in [-0.25, -0.2) is 13.4 Å². The summed E-state index contributed by atoms with van der Waals surface area (Å²) in [5.41, 5.74) is 3.08. The molecule has 0 N–H and O–H groups in total. The van der Waals surface area contributed by atoms with E-state index in [0.717, 1.165) is 34.8 Å². The van der Waals surface area contributed by atoms with Gasteiger partial charge >= 0.3 is 0 Å². The molecule has 5 rings (SSSR count). The van der Waals surface area contributed by atoms with Crippen LogP contribution in [0, 0.1) is 0 Å². The zero-order chi connectivity index (χ0) is 21.4. The molecular formula is C23H23N3O3S2. The van der Waals surface area contributed by atoms with E-state index in [1.807, 2.05) is 36.5 Å². The lowest BCUT2D eigenvalue weighted by atomic mass is 10.2. The summed E-state index contributed by atoms with van der Waals surface area (Å²) in [4.78, 5) is 5.96.